The molecule has 0 spiro atoms. The minimum absolute atomic E-state index is 0.160. The zero-order chi connectivity index (χ0) is 14.8. The Labute approximate surface area is 116 Å². The molecule has 4 nitrogen and oxygen atoms in total. The van der Waals surface area contributed by atoms with Crippen molar-refractivity contribution in [1.29, 1.82) is 0 Å². The average molecular weight is 287 g/mol. The lowest BCUT2D eigenvalue weighted by atomic mass is 9.94. The van der Waals surface area contributed by atoms with Crippen LogP contribution in [0.5, 0.6) is 0 Å². The standard InChI is InChI=1S/C14H25NO3S/c1-10(2)7-8-19(16,17)11(3)13-15-9-12(18-13)14(4,5)6/h9-11H,7-8H2,1-6H3. The molecule has 1 rings (SSSR count). The highest BCUT2D eigenvalue weighted by atomic mass is 32.2. The van der Waals surface area contributed by atoms with Crippen LogP contribution < -0.4 is 0 Å². The maximum atomic E-state index is 12.2. The van der Waals surface area contributed by atoms with Crippen LogP contribution in [0.1, 0.15) is 64.9 Å². The molecule has 0 saturated carbocycles. The van der Waals surface area contributed by atoms with Gasteiger partial charge < -0.3 is 4.42 Å². The molecule has 0 aliphatic carbocycles. The molecule has 0 fully saturated rings. The highest BCUT2D eigenvalue weighted by Gasteiger charge is 2.28. The van der Waals surface area contributed by atoms with Gasteiger partial charge in [0, 0.05) is 5.41 Å². The molecular formula is C14H25NO3S. The topological polar surface area (TPSA) is 60.2 Å². The zero-order valence-electron chi connectivity index (χ0n) is 12.7. The van der Waals surface area contributed by atoms with Gasteiger partial charge in [-0.05, 0) is 19.3 Å². The quantitative estimate of drug-likeness (QED) is 0.831. The van der Waals surface area contributed by atoms with Gasteiger partial charge in [0.25, 0.3) is 0 Å². The fraction of sp³-hybridized carbons (Fsp3) is 0.786. The molecule has 1 atom stereocenters. The SMILES string of the molecule is CC(C)CCS(=O)(=O)C(C)c1ncc(C(C)(C)C)o1. The van der Waals surface area contributed by atoms with Crippen LogP contribution in [-0.4, -0.2) is 19.2 Å². The molecule has 0 radical (unpaired) electrons. The van der Waals surface area contributed by atoms with Crippen molar-refractivity contribution >= 4 is 9.84 Å². The maximum Gasteiger partial charge on any atom is 0.212 e. The van der Waals surface area contributed by atoms with Crippen LogP contribution in [-0.2, 0) is 15.3 Å². The monoisotopic (exact) mass is 287 g/mol. The van der Waals surface area contributed by atoms with E-state index in [0.29, 0.717) is 24.0 Å². The van der Waals surface area contributed by atoms with Crippen LogP contribution >= 0.6 is 0 Å². The third kappa shape index (κ3) is 4.34. The van der Waals surface area contributed by atoms with E-state index in [0.717, 1.165) is 0 Å². The van der Waals surface area contributed by atoms with Gasteiger partial charge in [0.1, 0.15) is 11.0 Å². The van der Waals surface area contributed by atoms with E-state index in [4.69, 9.17) is 4.42 Å². The lowest BCUT2D eigenvalue weighted by molar-refractivity contribution is 0.380. The van der Waals surface area contributed by atoms with Crippen LogP contribution in [0.3, 0.4) is 0 Å². The molecule has 110 valence electrons. The molecule has 0 bridgehead atoms. The summed E-state index contributed by atoms with van der Waals surface area (Å²) in [5.74, 6) is 1.57. The van der Waals surface area contributed by atoms with E-state index in [1.54, 1.807) is 13.1 Å². The normalized spacial score (nSPS) is 14.9. The van der Waals surface area contributed by atoms with E-state index < -0.39 is 15.1 Å². The second-order valence-corrected chi connectivity index (χ2v) is 8.95. The number of sulfone groups is 1. The molecule has 0 aliphatic heterocycles. The first-order valence-electron chi connectivity index (χ1n) is 6.72. The van der Waals surface area contributed by atoms with Gasteiger partial charge >= 0.3 is 0 Å². The Morgan fingerprint density at radius 2 is 1.84 bits per heavy atom. The molecule has 0 N–H and O–H groups in total. The van der Waals surface area contributed by atoms with Gasteiger partial charge in [0.15, 0.2) is 9.84 Å². The molecule has 1 heterocycles. The molecule has 0 aliphatic rings. The van der Waals surface area contributed by atoms with Crippen molar-refractivity contribution in [2.45, 2.75) is 58.6 Å². The Hall–Kier alpha value is -0.840. The van der Waals surface area contributed by atoms with Crippen molar-refractivity contribution < 1.29 is 12.8 Å². The van der Waals surface area contributed by atoms with Crippen LogP contribution in [0.15, 0.2) is 10.6 Å². The summed E-state index contributed by atoms with van der Waals surface area (Å²) in [5.41, 5.74) is -0.160. The first kappa shape index (κ1) is 16.2. The average Bonchev–Trinajstić information content (AvgIpc) is 2.74. The smallest absolute Gasteiger partial charge is 0.212 e. The Bertz CT molecular complexity index is 509. The first-order chi connectivity index (χ1) is 8.54. The van der Waals surface area contributed by atoms with E-state index in [1.165, 1.54) is 0 Å². The van der Waals surface area contributed by atoms with Crippen LogP contribution in [0.4, 0.5) is 0 Å². The number of rotatable bonds is 5. The molecule has 19 heavy (non-hydrogen) atoms. The fourth-order valence-corrected chi connectivity index (χ4v) is 3.12. The summed E-state index contributed by atoms with van der Waals surface area (Å²) >= 11 is 0. The number of hydrogen-bond donors (Lipinski definition) is 0. The Balaban J connectivity index is 2.88. The summed E-state index contributed by atoms with van der Waals surface area (Å²) < 4.78 is 30.0. The van der Waals surface area contributed by atoms with E-state index in [1.807, 2.05) is 34.6 Å². The second kappa shape index (κ2) is 5.65. The summed E-state index contributed by atoms with van der Waals surface area (Å²) in [6, 6.07) is 0. The predicted molar refractivity (Wildman–Crippen MR) is 76.9 cm³/mol. The first-order valence-corrected chi connectivity index (χ1v) is 8.43. The highest BCUT2D eigenvalue weighted by molar-refractivity contribution is 7.91. The molecular weight excluding hydrogens is 262 g/mol. The second-order valence-electron chi connectivity index (χ2n) is 6.50. The Morgan fingerprint density at radius 3 is 2.26 bits per heavy atom. The van der Waals surface area contributed by atoms with Crippen molar-refractivity contribution in [2.75, 3.05) is 5.75 Å². The Morgan fingerprint density at radius 1 is 1.26 bits per heavy atom. The van der Waals surface area contributed by atoms with E-state index >= 15 is 0 Å². The van der Waals surface area contributed by atoms with Crippen molar-refractivity contribution in [2.24, 2.45) is 5.92 Å². The van der Waals surface area contributed by atoms with E-state index in [9.17, 15) is 8.42 Å². The highest BCUT2D eigenvalue weighted by Crippen LogP contribution is 2.28. The van der Waals surface area contributed by atoms with Crippen molar-refractivity contribution in [3.63, 3.8) is 0 Å². The van der Waals surface area contributed by atoms with Gasteiger partial charge in [0.2, 0.25) is 5.89 Å². The molecule has 1 aromatic heterocycles. The van der Waals surface area contributed by atoms with Gasteiger partial charge in [-0.25, -0.2) is 13.4 Å². The molecule has 0 amide bonds. The van der Waals surface area contributed by atoms with Gasteiger partial charge in [0.05, 0.1) is 11.9 Å². The van der Waals surface area contributed by atoms with Crippen LogP contribution in [0, 0.1) is 5.92 Å². The number of hydrogen-bond acceptors (Lipinski definition) is 4. The summed E-state index contributed by atoms with van der Waals surface area (Å²) in [6.45, 7) is 11.7. The lowest BCUT2D eigenvalue weighted by Gasteiger charge is -2.14. The van der Waals surface area contributed by atoms with Gasteiger partial charge in [-0.1, -0.05) is 34.6 Å². The van der Waals surface area contributed by atoms with Gasteiger partial charge in [-0.3, -0.25) is 0 Å². The van der Waals surface area contributed by atoms with Crippen molar-refractivity contribution in [1.82, 2.24) is 4.98 Å². The third-order valence-corrected chi connectivity index (χ3v) is 5.21. The molecule has 0 aromatic carbocycles. The predicted octanol–water partition coefficient (Wildman–Crippen LogP) is 3.49. The molecule has 1 aromatic rings. The van der Waals surface area contributed by atoms with E-state index in [-0.39, 0.29) is 11.2 Å². The molecule has 0 saturated heterocycles. The fourth-order valence-electron chi connectivity index (χ4n) is 1.55. The van der Waals surface area contributed by atoms with Gasteiger partial charge in [-0.15, -0.1) is 0 Å². The van der Waals surface area contributed by atoms with Crippen molar-refractivity contribution in [3.8, 4) is 0 Å². The third-order valence-electron chi connectivity index (χ3n) is 3.13. The zero-order valence-corrected chi connectivity index (χ0v) is 13.5. The number of nitrogens with zero attached hydrogens (tertiary/aromatic N) is 1. The summed E-state index contributed by atoms with van der Waals surface area (Å²) in [4.78, 5) is 4.13. The van der Waals surface area contributed by atoms with Crippen molar-refractivity contribution in [3.05, 3.63) is 17.8 Å². The Kier molecular flexibility index (Phi) is 4.82. The minimum atomic E-state index is -3.20. The largest absolute Gasteiger partial charge is 0.444 e. The van der Waals surface area contributed by atoms with Gasteiger partial charge in [-0.2, -0.15) is 0 Å². The minimum Gasteiger partial charge on any atom is -0.444 e. The number of aromatic nitrogens is 1. The van der Waals surface area contributed by atoms with E-state index in [2.05, 4.69) is 4.98 Å². The molecule has 5 heteroatoms. The van der Waals surface area contributed by atoms with Crippen LogP contribution in [0.2, 0.25) is 0 Å². The number of oxazole rings is 1. The molecule has 1 unspecified atom stereocenters. The summed E-state index contributed by atoms with van der Waals surface area (Å²) in [5, 5.41) is -0.678. The maximum absolute atomic E-state index is 12.2. The lowest BCUT2D eigenvalue weighted by Crippen LogP contribution is -2.16. The summed E-state index contributed by atoms with van der Waals surface area (Å²) in [7, 11) is -3.20. The summed E-state index contributed by atoms with van der Waals surface area (Å²) in [6.07, 6.45) is 2.29. The van der Waals surface area contributed by atoms with Crippen LogP contribution in [0.25, 0.3) is 0 Å².